The van der Waals surface area contributed by atoms with Crippen molar-refractivity contribution >= 4 is 5.91 Å². The van der Waals surface area contributed by atoms with Crippen LogP contribution in [0.5, 0.6) is 0 Å². The fourth-order valence-corrected chi connectivity index (χ4v) is 0.287. The van der Waals surface area contributed by atoms with Gasteiger partial charge in [-0.05, 0) is 6.42 Å². The zero-order valence-corrected chi connectivity index (χ0v) is 4.48. The fraction of sp³-hybridized carbons (Fsp3) is 0.600. The van der Waals surface area contributed by atoms with Crippen LogP contribution in [0.1, 0.15) is 19.8 Å². The molecule has 2 nitrogen and oxygen atoms in total. The zero-order chi connectivity index (χ0) is 5.70. The Labute approximate surface area is 43.7 Å². The van der Waals surface area contributed by atoms with Crippen molar-refractivity contribution in [1.82, 2.24) is 0 Å². The van der Waals surface area contributed by atoms with Crippen LogP contribution in [-0.2, 0) is 4.79 Å². The highest BCUT2D eigenvalue weighted by Crippen LogP contribution is 1.88. The van der Waals surface area contributed by atoms with Crippen LogP contribution < -0.4 is 5.73 Å². The van der Waals surface area contributed by atoms with Crippen molar-refractivity contribution in [3.63, 3.8) is 0 Å². The van der Waals surface area contributed by atoms with E-state index >= 15 is 0 Å². The SMILES string of the molecule is CCC[CH]C(N)=O. The van der Waals surface area contributed by atoms with Crippen LogP contribution in [0.15, 0.2) is 0 Å². The van der Waals surface area contributed by atoms with Crippen molar-refractivity contribution in [3.05, 3.63) is 6.42 Å². The minimum atomic E-state index is -0.318. The van der Waals surface area contributed by atoms with E-state index in [1.54, 1.807) is 0 Å². The average Bonchev–Trinajstić information content (AvgIpc) is 1.61. The van der Waals surface area contributed by atoms with Crippen molar-refractivity contribution in [2.75, 3.05) is 0 Å². The van der Waals surface area contributed by atoms with E-state index in [9.17, 15) is 4.79 Å². The summed E-state index contributed by atoms with van der Waals surface area (Å²) in [7, 11) is 0. The molecule has 0 aromatic heterocycles. The third kappa shape index (κ3) is 5.47. The standard InChI is InChI=1S/C5H10NO/c1-2-3-4-5(6)7/h4H,2-3H2,1H3,(H2,6,7). The fourth-order valence-electron chi connectivity index (χ4n) is 0.287. The maximum atomic E-state index is 9.92. The highest BCUT2D eigenvalue weighted by molar-refractivity contribution is 5.82. The third-order valence-corrected chi connectivity index (χ3v) is 0.634. The lowest BCUT2D eigenvalue weighted by Crippen LogP contribution is -2.10. The molecule has 2 N–H and O–H groups in total. The van der Waals surface area contributed by atoms with Gasteiger partial charge in [0.2, 0.25) is 5.91 Å². The van der Waals surface area contributed by atoms with E-state index in [-0.39, 0.29) is 5.91 Å². The largest absolute Gasteiger partial charge is 0.369 e. The monoisotopic (exact) mass is 100 g/mol. The Hall–Kier alpha value is -0.530. The normalized spacial score (nSPS) is 8.71. The Kier molecular flexibility index (Phi) is 3.38. The molecule has 0 aliphatic heterocycles. The summed E-state index contributed by atoms with van der Waals surface area (Å²) in [5.41, 5.74) is 4.78. The minimum Gasteiger partial charge on any atom is -0.369 e. The first-order valence-electron chi connectivity index (χ1n) is 2.40. The summed E-state index contributed by atoms with van der Waals surface area (Å²) >= 11 is 0. The first kappa shape index (κ1) is 6.47. The summed E-state index contributed by atoms with van der Waals surface area (Å²) in [5.74, 6) is -0.318. The van der Waals surface area contributed by atoms with Crippen molar-refractivity contribution in [2.45, 2.75) is 19.8 Å². The van der Waals surface area contributed by atoms with Crippen molar-refractivity contribution in [3.8, 4) is 0 Å². The van der Waals surface area contributed by atoms with E-state index in [1.807, 2.05) is 6.92 Å². The second kappa shape index (κ2) is 3.65. The van der Waals surface area contributed by atoms with Crippen molar-refractivity contribution in [1.29, 1.82) is 0 Å². The summed E-state index contributed by atoms with van der Waals surface area (Å²) in [4.78, 5) is 9.92. The molecule has 0 saturated heterocycles. The van der Waals surface area contributed by atoms with Gasteiger partial charge in [0.15, 0.2) is 0 Å². The van der Waals surface area contributed by atoms with Crippen LogP contribution in [0.3, 0.4) is 0 Å². The molecule has 0 aliphatic carbocycles. The van der Waals surface area contributed by atoms with Gasteiger partial charge in [-0.2, -0.15) is 0 Å². The second-order valence-electron chi connectivity index (χ2n) is 1.40. The van der Waals surface area contributed by atoms with Gasteiger partial charge in [0.05, 0.1) is 0 Å². The molecule has 0 saturated carbocycles. The molecular formula is C5H10NO. The number of carbonyl (C=O) groups is 1. The van der Waals surface area contributed by atoms with Crippen LogP contribution in [-0.4, -0.2) is 5.91 Å². The van der Waals surface area contributed by atoms with Crippen molar-refractivity contribution < 1.29 is 4.79 Å². The van der Waals surface area contributed by atoms with E-state index < -0.39 is 0 Å². The maximum Gasteiger partial charge on any atom is 0.221 e. The number of unbranched alkanes of at least 4 members (excludes halogenated alkanes) is 1. The van der Waals surface area contributed by atoms with Crippen LogP contribution >= 0.6 is 0 Å². The van der Waals surface area contributed by atoms with Gasteiger partial charge >= 0.3 is 0 Å². The third-order valence-electron chi connectivity index (χ3n) is 0.634. The summed E-state index contributed by atoms with van der Waals surface area (Å²) in [6.45, 7) is 2.00. The van der Waals surface area contributed by atoms with Crippen molar-refractivity contribution in [2.24, 2.45) is 5.73 Å². The Morgan fingerprint density at radius 3 is 2.57 bits per heavy atom. The Morgan fingerprint density at radius 2 is 2.43 bits per heavy atom. The molecule has 0 fully saturated rings. The molecular weight excluding hydrogens is 90.1 g/mol. The number of amides is 1. The smallest absolute Gasteiger partial charge is 0.221 e. The molecule has 7 heavy (non-hydrogen) atoms. The van der Waals surface area contributed by atoms with E-state index in [0.29, 0.717) is 0 Å². The predicted octanol–water partition coefficient (Wildman–Crippen LogP) is 0.476. The maximum absolute atomic E-state index is 9.92. The Balaban J connectivity index is 2.82. The number of hydrogen-bond donors (Lipinski definition) is 1. The molecule has 0 spiro atoms. The lowest BCUT2D eigenvalue weighted by molar-refractivity contribution is -0.115. The molecule has 0 aliphatic rings. The summed E-state index contributed by atoms with van der Waals surface area (Å²) in [5, 5.41) is 0. The van der Waals surface area contributed by atoms with Crippen LogP contribution in [0.4, 0.5) is 0 Å². The number of rotatable bonds is 3. The van der Waals surface area contributed by atoms with Gasteiger partial charge < -0.3 is 5.73 Å². The van der Waals surface area contributed by atoms with E-state index in [4.69, 9.17) is 5.73 Å². The average molecular weight is 100 g/mol. The zero-order valence-electron chi connectivity index (χ0n) is 4.48. The molecule has 0 rings (SSSR count). The summed E-state index contributed by atoms with van der Waals surface area (Å²) in [6.07, 6.45) is 3.28. The number of primary amides is 1. The Morgan fingerprint density at radius 1 is 1.86 bits per heavy atom. The molecule has 41 valence electrons. The Bertz CT molecular complexity index is 61.1. The van der Waals surface area contributed by atoms with Crippen LogP contribution in [0.2, 0.25) is 0 Å². The molecule has 0 aromatic rings. The molecule has 0 bridgehead atoms. The number of hydrogen-bond acceptors (Lipinski definition) is 1. The molecule has 1 amide bonds. The highest BCUT2D eigenvalue weighted by atomic mass is 16.1. The number of nitrogens with two attached hydrogens (primary N) is 1. The van der Waals surface area contributed by atoms with E-state index in [1.165, 1.54) is 6.42 Å². The van der Waals surface area contributed by atoms with Gasteiger partial charge in [0.25, 0.3) is 0 Å². The topological polar surface area (TPSA) is 43.1 Å². The van der Waals surface area contributed by atoms with Crippen LogP contribution in [0.25, 0.3) is 0 Å². The van der Waals surface area contributed by atoms with Gasteiger partial charge in [-0.25, -0.2) is 0 Å². The van der Waals surface area contributed by atoms with E-state index in [2.05, 4.69) is 0 Å². The lowest BCUT2D eigenvalue weighted by Gasteiger charge is -1.86. The predicted molar refractivity (Wildman–Crippen MR) is 28.4 cm³/mol. The first-order valence-corrected chi connectivity index (χ1v) is 2.40. The summed E-state index contributed by atoms with van der Waals surface area (Å²) < 4.78 is 0. The van der Waals surface area contributed by atoms with Gasteiger partial charge in [0.1, 0.15) is 0 Å². The van der Waals surface area contributed by atoms with Gasteiger partial charge in [-0.3, -0.25) is 4.79 Å². The molecule has 1 radical (unpaired) electrons. The minimum absolute atomic E-state index is 0.318. The summed E-state index contributed by atoms with van der Waals surface area (Å²) in [6, 6.07) is 0. The first-order chi connectivity index (χ1) is 3.27. The molecule has 0 aromatic carbocycles. The van der Waals surface area contributed by atoms with Gasteiger partial charge in [0, 0.05) is 6.42 Å². The quantitative estimate of drug-likeness (QED) is 0.550. The van der Waals surface area contributed by atoms with E-state index in [0.717, 1.165) is 12.8 Å². The van der Waals surface area contributed by atoms with Gasteiger partial charge in [-0.15, -0.1) is 0 Å². The molecule has 2 heteroatoms. The molecule has 0 atom stereocenters. The molecule has 0 heterocycles. The van der Waals surface area contributed by atoms with Gasteiger partial charge in [-0.1, -0.05) is 13.3 Å². The highest BCUT2D eigenvalue weighted by Gasteiger charge is 1.89. The second-order valence-corrected chi connectivity index (χ2v) is 1.40. The lowest BCUT2D eigenvalue weighted by atomic mass is 10.2. The van der Waals surface area contributed by atoms with Crippen LogP contribution in [0, 0.1) is 6.42 Å². The molecule has 0 unspecified atom stereocenters. The number of carbonyl (C=O) groups excluding carboxylic acids is 1.